The molecule has 0 saturated heterocycles. The molecule has 0 fully saturated rings. The average molecular weight is 218 g/mol. The summed E-state index contributed by atoms with van der Waals surface area (Å²) in [6, 6.07) is 2.07. The number of fused-ring (bicyclic) bond motifs is 1. The molecule has 0 amide bonds. The number of nitrogens with one attached hydrogen (secondary N) is 1. The zero-order valence-corrected chi connectivity index (χ0v) is 10.3. The summed E-state index contributed by atoms with van der Waals surface area (Å²) in [5.74, 6) is 1.84. The minimum Gasteiger partial charge on any atom is -0.355 e. The lowest BCUT2D eigenvalue weighted by Crippen LogP contribution is -2.23. The number of hydrogen-bond acceptors (Lipinski definition) is 3. The minimum absolute atomic E-state index is 0.827. The van der Waals surface area contributed by atoms with Gasteiger partial charge < -0.3 is 9.88 Å². The summed E-state index contributed by atoms with van der Waals surface area (Å²) in [6.45, 7) is 10.2. The molecule has 2 heterocycles. The van der Waals surface area contributed by atoms with E-state index in [-0.39, 0.29) is 0 Å². The van der Waals surface area contributed by atoms with E-state index >= 15 is 0 Å². The summed E-state index contributed by atoms with van der Waals surface area (Å²) in [4.78, 5) is 14.6. The molecule has 4 heteroatoms. The van der Waals surface area contributed by atoms with Crippen LogP contribution in [0.1, 0.15) is 25.4 Å². The second kappa shape index (κ2) is 4.12. The number of aromatic amines is 1. The van der Waals surface area contributed by atoms with Gasteiger partial charge in [-0.2, -0.15) is 0 Å². The zero-order chi connectivity index (χ0) is 11.7. The molecule has 2 rings (SSSR count). The van der Waals surface area contributed by atoms with Crippen LogP contribution in [0.4, 0.5) is 5.82 Å². The average Bonchev–Trinajstić information content (AvgIpc) is 2.60. The molecule has 0 saturated carbocycles. The fraction of sp³-hybridized carbons (Fsp3) is 0.500. The third kappa shape index (κ3) is 1.75. The highest BCUT2D eigenvalue weighted by atomic mass is 15.2. The summed E-state index contributed by atoms with van der Waals surface area (Å²) in [6.07, 6.45) is 0. The molecular formula is C12H18N4. The van der Waals surface area contributed by atoms with Crippen LogP contribution in [0.2, 0.25) is 0 Å². The topological polar surface area (TPSA) is 44.8 Å². The fourth-order valence-electron chi connectivity index (χ4n) is 1.99. The molecule has 4 nitrogen and oxygen atoms in total. The molecule has 0 aliphatic rings. The first-order chi connectivity index (χ1) is 7.65. The standard InChI is InChI=1S/C12H18N4/c1-5-16(6-2)12-11-10(7-8(3)13-11)14-9(4)15-12/h7,13H,5-6H2,1-4H3. The zero-order valence-electron chi connectivity index (χ0n) is 10.3. The number of H-pyrrole nitrogens is 1. The fourth-order valence-corrected chi connectivity index (χ4v) is 1.99. The molecular weight excluding hydrogens is 200 g/mol. The third-order valence-corrected chi connectivity index (χ3v) is 2.77. The molecule has 2 aromatic heterocycles. The molecule has 0 spiro atoms. The summed E-state index contributed by atoms with van der Waals surface area (Å²) < 4.78 is 0. The maximum Gasteiger partial charge on any atom is 0.156 e. The third-order valence-electron chi connectivity index (χ3n) is 2.77. The van der Waals surface area contributed by atoms with Gasteiger partial charge in [0.2, 0.25) is 0 Å². The van der Waals surface area contributed by atoms with E-state index in [1.807, 2.05) is 13.8 Å². The van der Waals surface area contributed by atoms with Crippen LogP contribution in [-0.2, 0) is 0 Å². The first-order valence-electron chi connectivity index (χ1n) is 5.74. The summed E-state index contributed by atoms with van der Waals surface area (Å²) >= 11 is 0. The van der Waals surface area contributed by atoms with Crippen LogP contribution in [0.5, 0.6) is 0 Å². The first kappa shape index (κ1) is 10.9. The lowest BCUT2D eigenvalue weighted by atomic mass is 10.3. The van der Waals surface area contributed by atoms with Crippen molar-refractivity contribution in [1.82, 2.24) is 15.0 Å². The van der Waals surface area contributed by atoms with Crippen molar-refractivity contribution in [2.75, 3.05) is 18.0 Å². The van der Waals surface area contributed by atoms with Gasteiger partial charge in [0.15, 0.2) is 5.82 Å². The van der Waals surface area contributed by atoms with Gasteiger partial charge in [-0.1, -0.05) is 0 Å². The van der Waals surface area contributed by atoms with Crippen molar-refractivity contribution in [3.63, 3.8) is 0 Å². The highest BCUT2D eigenvalue weighted by molar-refractivity contribution is 5.87. The van der Waals surface area contributed by atoms with Crippen molar-refractivity contribution in [3.05, 3.63) is 17.6 Å². The van der Waals surface area contributed by atoms with Gasteiger partial charge in [0, 0.05) is 18.8 Å². The van der Waals surface area contributed by atoms with Crippen molar-refractivity contribution in [2.24, 2.45) is 0 Å². The molecule has 0 unspecified atom stereocenters. The van der Waals surface area contributed by atoms with Gasteiger partial charge in [-0.3, -0.25) is 0 Å². The molecule has 0 bridgehead atoms. The molecule has 86 valence electrons. The lowest BCUT2D eigenvalue weighted by Gasteiger charge is -2.20. The van der Waals surface area contributed by atoms with Crippen LogP contribution < -0.4 is 4.90 Å². The first-order valence-corrected chi connectivity index (χ1v) is 5.74. The van der Waals surface area contributed by atoms with E-state index in [0.717, 1.165) is 41.5 Å². The second-order valence-electron chi connectivity index (χ2n) is 3.98. The van der Waals surface area contributed by atoms with Crippen molar-refractivity contribution >= 4 is 16.9 Å². The van der Waals surface area contributed by atoms with Crippen LogP contribution in [0.15, 0.2) is 6.07 Å². The van der Waals surface area contributed by atoms with Crippen molar-refractivity contribution < 1.29 is 0 Å². The molecule has 0 aromatic carbocycles. The molecule has 0 atom stereocenters. The van der Waals surface area contributed by atoms with Crippen molar-refractivity contribution in [2.45, 2.75) is 27.7 Å². The Morgan fingerprint density at radius 1 is 1.19 bits per heavy atom. The predicted octanol–water partition coefficient (Wildman–Crippen LogP) is 2.42. The molecule has 0 aliphatic heterocycles. The maximum absolute atomic E-state index is 4.54. The van der Waals surface area contributed by atoms with Crippen LogP contribution in [-0.4, -0.2) is 28.0 Å². The van der Waals surface area contributed by atoms with E-state index in [2.05, 4.69) is 39.8 Å². The van der Waals surface area contributed by atoms with E-state index in [0.29, 0.717) is 0 Å². The number of aromatic nitrogens is 3. The van der Waals surface area contributed by atoms with E-state index in [4.69, 9.17) is 0 Å². The van der Waals surface area contributed by atoms with Gasteiger partial charge in [0.25, 0.3) is 0 Å². The molecule has 2 aromatic rings. The van der Waals surface area contributed by atoms with Gasteiger partial charge in [-0.15, -0.1) is 0 Å². The van der Waals surface area contributed by atoms with Crippen LogP contribution in [0, 0.1) is 13.8 Å². The van der Waals surface area contributed by atoms with E-state index in [1.165, 1.54) is 0 Å². The molecule has 1 N–H and O–H groups in total. The van der Waals surface area contributed by atoms with Crippen molar-refractivity contribution in [3.8, 4) is 0 Å². The minimum atomic E-state index is 0.827. The second-order valence-corrected chi connectivity index (χ2v) is 3.98. The van der Waals surface area contributed by atoms with Gasteiger partial charge in [0.1, 0.15) is 11.3 Å². The monoisotopic (exact) mass is 218 g/mol. The van der Waals surface area contributed by atoms with E-state index < -0.39 is 0 Å². The number of nitrogens with zero attached hydrogens (tertiary/aromatic N) is 3. The Labute approximate surface area is 95.7 Å². The molecule has 16 heavy (non-hydrogen) atoms. The van der Waals surface area contributed by atoms with Gasteiger partial charge in [-0.05, 0) is 33.8 Å². The number of anilines is 1. The summed E-state index contributed by atoms with van der Waals surface area (Å²) in [7, 11) is 0. The summed E-state index contributed by atoms with van der Waals surface area (Å²) in [5, 5.41) is 0. The Balaban J connectivity index is 2.66. The maximum atomic E-state index is 4.54. The highest BCUT2D eigenvalue weighted by Gasteiger charge is 2.12. The highest BCUT2D eigenvalue weighted by Crippen LogP contribution is 2.23. The quantitative estimate of drug-likeness (QED) is 0.860. The van der Waals surface area contributed by atoms with Gasteiger partial charge >= 0.3 is 0 Å². The number of aryl methyl sites for hydroxylation is 2. The Morgan fingerprint density at radius 3 is 2.50 bits per heavy atom. The Kier molecular flexibility index (Phi) is 2.81. The van der Waals surface area contributed by atoms with Gasteiger partial charge in [-0.25, -0.2) is 9.97 Å². The van der Waals surface area contributed by atoms with Crippen LogP contribution >= 0.6 is 0 Å². The van der Waals surface area contributed by atoms with E-state index in [9.17, 15) is 0 Å². The molecule has 0 radical (unpaired) electrons. The SMILES string of the molecule is CCN(CC)c1nc(C)nc2cc(C)[nH]c12. The Morgan fingerprint density at radius 2 is 1.88 bits per heavy atom. The largest absolute Gasteiger partial charge is 0.355 e. The molecule has 0 aliphatic carbocycles. The lowest BCUT2D eigenvalue weighted by molar-refractivity contribution is 0.841. The predicted molar refractivity (Wildman–Crippen MR) is 66.9 cm³/mol. The Hall–Kier alpha value is -1.58. The van der Waals surface area contributed by atoms with Crippen molar-refractivity contribution in [1.29, 1.82) is 0 Å². The Bertz CT molecular complexity index is 497. The van der Waals surface area contributed by atoms with E-state index in [1.54, 1.807) is 0 Å². The summed E-state index contributed by atoms with van der Waals surface area (Å²) in [5.41, 5.74) is 3.18. The van der Waals surface area contributed by atoms with Crippen LogP contribution in [0.3, 0.4) is 0 Å². The number of rotatable bonds is 3. The van der Waals surface area contributed by atoms with Gasteiger partial charge in [0.05, 0.1) is 5.52 Å². The number of hydrogen-bond donors (Lipinski definition) is 1. The van der Waals surface area contributed by atoms with Crippen LogP contribution in [0.25, 0.3) is 11.0 Å². The normalized spacial score (nSPS) is 11.0. The smallest absolute Gasteiger partial charge is 0.156 e.